The van der Waals surface area contributed by atoms with Crippen molar-refractivity contribution >= 4 is 22.5 Å². The first-order chi connectivity index (χ1) is 7.50. The van der Waals surface area contributed by atoms with E-state index in [1.807, 2.05) is 22.9 Å². The summed E-state index contributed by atoms with van der Waals surface area (Å²) >= 11 is 6.08. The van der Waals surface area contributed by atoms with Gasteiger partial charge in [-0.1, -0.05) is 17.7 Å². The summed E-state index contributed by atoms with van der Waals surface area (Å²) in [4.78, 5) is 0. The Labute approximate surface area is 99.6 Å². The van der Waals surface area contributed by atoms with E-state index in [1.165, 1.54) is 0 Å². The predicted molar refractivity (Wildman–Crippen MR) is 65.8 cm³/mol. The maximum absolute atomic E-state index is 9.52. The Morgan fingerprint density at radius 2 is 2.00 bits per heavy atom. The second kappa shape index (κ2) is 4.07. The summed E-state index contributed by atoms with van der Waals surface area (Å²) in [7, 11) is 0. The van der Waals surface area contributed by atoms with Gasteiger partial charge in [-0.25, -0.2) is 0 Å². The van der Waals surface area contributed by atoms with Crippen molar-refractivity contribution in [2.45, 2.75) is 32.9 Å². The maximum Gasteiger partial charge on any atom is 0.158 e. The van der Waals surface area contributed by atoms with Crippen molar-refractivity contribution in [1.82, 2.24) is 9.78 Å². The van der Waals surface area contributed by atoms with Gasteiger partial charge in [0.15, 0.2) is 5.15 Å². The highest BCUT2D eigenvalue weighted by atomic mass is 35.5. The molecule has 1 N–H and O–H groups in total. The first-order valence-corrected chi connectivity index (χ1v) is 5.74. The van der Waals surface area contributed by atoms with Crippen LogP contribution in [0.5, 0.6) is 0 Å². The number of hydrogen-bond acceptors (Lipinski definition) is 2. The summed E-state index contributed by atoms with van der Waals surface area (Å²) in [6, 6.07) is 6.03. The molecule has 1 aromatic heterocycles. The first kappa shape index (κ1) is 11.4. The highest BCUT2D eigenvalue weighted by molar-refractivity contribution is 6.34. The van der Waals surface area contributed by atoms with Crippen LogP contribution in [0.25, 0.3) is 10.9 Å². The zero-order valence-electron chi connectivity index (χ0n) is 9.61. The Bertz CT molecular complexity index is 517. The van der Waals surface area contributed by atoms with Crippen LogP contribution in [0.15, 0.2) is 18.2 Å². The molecule has 3 nitrogen and oxygen atoms in total. The molecule has 0 amide bonds. The van der Waals surface area contributed by atoms with E-state index < -0.39 is 6.10 Å². The average molecular weight is 239 g/mol. The molecule has 0 fully saturated rings. The first-order valence-electron chi connectivity index (χ1n) is 5.36. The summed E-state index contributed by atoms with van der Waals surface area (Å²) in [5.74, 6) is 0. The van der Waals surface area contributed by atoms with E-state index in [0.717, 1.165) is 16.5 Å². The van der Waals surface area contributed by atoms with Gasteiger partial charge in [0.2, 0.25) is 0 Å². The molecule has 16 heavy (non-hydrogen) atoms. The largest absolute Gasteiger partial charge is 0.389 e. The third-order valence-corrected chi connectivity index (χ3v) is 2.94. The predicted octanol–water partition coefficient (Wildman–Crippen LogP) is 3.32. The fourth-order valence-corrected chi connectivity index (χ4v) is 2.01. The Morgan fingerprint density at radius 1 is 1.31 bits per heavy atom. The lowest BCUT2D eigenvalue weighted by atomic mass is 10.1. The number of aliphatic hydroxyl groups excluding tert-OH is 1. The number of rotatable bonds is 2. The van der Waals surface area contributed by atoms with Crippen LogP contribution in [0.2, 0.25) is 5.15 Å². The molecule has 1 unspecified atom stereocenters. The smallest absolute Gasteiger partial charge is 0.158 e. The number of nitrogens with zero attached hydrogens (tertiary/aromatic N) is 2. The van der Waals surface area contributed by atoms with Crippen LogP contribution in [-0.2, 0) is 0 Å². The zero-order valence-corrected chi connectivity index (χ0v) is 10.4. The van der Waals surface area contributed by atoms with Crippen molar-refractivity contribution < 1.29 is 5.11 Å². The second-order valence-corrected chi connectivity index (χ2v) is 4.64. The van der Waals surface area contributed by atoms with Crippen LogP contribution < -0.4 is 0 Å². The molecule has 0 radical (unpaired) electrons. The van der Waals surface area contributed by atoms with Gasteiger partial charge in [0.1, 0.15) is 0 Å². The summed E-state index contributed by atoms with van der Waals surface area (Å²) in [5.41, 5.74) is 1.86. The monoisotopic (exact) mass is 238 g/mol. The minimum Gasteiger partial charge on any atom is -0.389 e. The molecule has 0 aliphatic heterocycles. The fraction of sp³-hybridized carbons (Fsp3) is 0.417. The standard InChI is InChI=1S/C12H15ClN2O/c1-7(2)15-11-5-4-9(8(3)16)6-10(11)12(13)14-15/h4-8,16H,1-3H3. The van der Waals surface area contributed by atoms with Crippen LogP contribution in [-0.4, -0.2) is 14.9 Å². The average Bonchev–Trinajstić information content (AvgIpc) is 2.56. The minimum atomic E-state index is -0.483. The molecule has 2 aromatic rings. The van der Waals surface area contributed by atoms with Gasteiger partial charge in [-0.2, -0.15) is 5.10 Å². The SMILES string of the molecule is CC(O)c1ccc2c(c1)c(Cl)nn2C(C)C. The molecule has 0 aliphatic carbocycles. The van der Waals surface area contributed by atoms with E-state index in [4.69, 9.17) is 11.6 Å². The molecule has 1 atom stereocenters. The Kier molecular flexibility index (Phi) is 2.91. The molecular formula is C12H15ClN2O. The Morgan fingerprint density at radius 3 is 2.56 bits per heavy atom. The summed E-state index contributed by atoms with van der Waals surface area (Å²) in [6.45, 7) is 5.86. The number of benzene rings is 1. The number of fused-ring (bicyclic) bond motifs is 1. The van der Waals surface area contributed by atoms with Gasteiger partial charge in [0, 0.05) is 11.4 Å². The zero-order chi connectivity index (χ0) is 11.9. The second-order valence-electron chi connectivity index (χ2n) is 4.28. The van der Waals surface area contributed by atoms with Crippen LogP contribution in [0.3, 0.4) is 0 Å². The van der Waals surface area contributed by atoms with Crippen molar-refractivity contribution in [3.8, 4) is 0 Å². The maximum atomic E-state index is 9.52. The number of halogens is 1. The van der Waals surface area contributed by atoms with Crippen LogP contribution >= 0.6 is 11.6 Å². The molecule has 4 heteroatoms. The minimum absolute atomic E-state index is 0.271. The van der Waals surface area contributed by atoms with Gasteiger partial charge in [-0.15, -0.1) is 0 Å². The van der Waals surface area contributed by atoms with Gasteiger partial charge < -0.3 is 5.11 Å². The van der Waals surface area contributed by atoms with E-state index in [-0.39, 0.29) is 6.04 Å². The Hall–Kier alpha value is -1.06. The quantitative estimate of drug-likeness (QED) is 0.872. The van der Waals surface area contributed by atoms with Crippen molar-refractivity contribution in [2.75, 3.05) is 0 Å². The van der Waals surface area contributed by atoms with E-state index in [0.29, 0.717) is 5.15 Å². The van der Waals surface area contributed by atoms with Crippen LogP contribution in [0, 0.1) is 0 Å². The molecule has 0 saturated heterocycles. The third kappa shape index (κ3) is 1.81. The molecular weight excluding hydrogens is 224 g/mol. The topological polar surface area (TPSA) is 38.1 Å². The number of aliphatic hydroxyl groups is 1. The molecule has 1 aromatic carbocycles. The van der Waals surface area contributed by atoms with Crippen molar-refractivity contribution in [2.24, 2.45) is 0 Å². The highest BCUT2D eigenvalue weighted by Gasteiger charge is 2.12. The molecule has 2 rings (SSSR count). The van der Waals surface area contributed by atoms with Crippen LogP contribution in [0.1, 0.15) is 38.5 Å². The molecule has 1 heterocycles. The number of aromatic nitrogens is 2. The molecule has 0 spiro atoms. The van der Waals surface area contributed by atoms with Gasteiger partial charge in [0.05, 0.1) is 11.6 Å². The van der Waals surface area contributed by atoms with E-state index in [1.54, 1.807) is 6.92 Å². The van der Waals surface area contributed by atoms with E-state index >= 15 is 0 Å². The van der Waals surface area contributed by atoms with Crippen molar-refractivity contribution in [3.63, 3.8) is 0 Å². The summed E-state index contributed by atoms with van der Waals surface area (Å²) in [6.07, 6.45) is -0.483. The highest BCUT2D eigenvalue weighted by Crippen LogP contribution is 2.28. The summed E-state index contributed by atoms with van der Waals surface area (Å²) in [5, 5.41) is 15.2. The molecule has 0 aliphatic rings. The number of hydrogen-bond donors (Lipinski definition) is 1. The van der Waals surface area contributed by atoms with E-state index in [2.05, 4.69) is 18.9 Å². The normalized spacial score (nSPS) is 13.6. The Balaban J connectivity index is 2.67. The molecule has 0 bridgehead atoms. The molecule has 86 valence electrons. The van der Waals surface area contributed by atoms with Crippen molar-refractivity contribution in [3.05, 3.63) is 28.9 Å². The third-order valence-electron chi connectivity index (χ3n) is 2.66. The van der Waals surface area contributed by atoms with Gasteiger partial charge >= 0.3 is 0 Å². The lowest BCUT2D eigenvalue weighted by Gasteiger charge is -2.08. The van der Waals surface area contributed by atoms with Gasteiger partial charge in [-0.05, 0) is 38.5 Å². The van der Waals surface area contributed by atoms with Gasteiger partial charge in [0.25, 0.3) is 0 Å². The lowest BCUT2D eigenvalue weighted by molar-refractivity contribution is 0.199. The lowest BCUT2D eigenvalue weighted by Crippen LogP contribution is -2.02. The van der Waals surface area contributed by atoms with E-state index in [9.17, 15) is 5.11 Å². The fourth-order valence-electron chi connectivity index (χ4n) is 1.77. The van der Waals surface area contributed by atoms with Crippen LogP contribution in [0.4, 0.5) is 0 Å². The van der Waals surface area contributed by atoms with Crippen molar-refractivity contribution in [1.29, 1.82) is 0 Å². The summed E-state index contributed by atoms with van der Waals surface area (Å²) < 4.78 is 1.89. The molecule has 0 saturated carbocycles. The van der Waals surface area contributed by atoms with Gasteiger partial charge in [-0.3, -0.25) is 4.68 Å².